The Balaban J connectivity index is 1.31. The Kier molecular flexibility index (Phi) is 7.96. The molecule has 0 aliphatic heterocycles. The first-order chi connectivity index (χ1) is 26.8. The molecule has 7 aromatic carbocycles. The Labute approximate surface area is 316 Å². The van der Waals surface area contributed by atoms with Gasteiger partial charge in [-0.05, 0) is 117 Å². The molecule has 1 heterocycles. The van der Waals surface area contributed by atoms with Gasteiger partial charge in [0.2, 0.25) is 0 Å². The van der Waals surface area contributed by atoms with E-state index in [9.17, 15) is 0 Å². The fourth-order valence-corrected chi connectivity index (χ4v) is 8.47. The van der Waals surface area contributed by atoms with Gasteiger partial charge in [-0.25, -0.2) is 4.98 Å². The molecule has 2 aliphatic carbocycles. The quantitative estimate of drug-likeness (QED) is 0.158. The maximum Gasteiger partial charge on any atom is 0.137 e. The van der Waals surface area contributed by atoms with Gasteiger partial charge in [-0.3, -0.25) is 4.90 Å². The van der Waals surface area contributed by atoms with Gasteiger partial charge in [0, 0.05) is 28.6 Å². The van der Waals surface area contributed by atoms with Crippen molar-refractivity contribution < 1.29 is 0 Å². The van der Waals surface area contributed by atoms with Crippen molar-refractivity contribution in [2.24, 2.45) is 0 Å². The van der Waals surface area contributed by atoms with Gasteiger partial charge in [0.1, 0.15) is 5.82 Å². The van der Waals surface area contributed by atoms with Crippen molar-refractivity contribution >= 4 is 50.5 Å². The third-order valence-corrected chi connectivity index (χ3v) is 10.8. The van der Waals surface area contributed by atoms with E-state index in [1.807, 2.05) is 12.3 Å². The minimum absolute atomic E-state index is 0.0545. The first kappa shape index (κ1) is 31.7. The SMILES string of the molecule is C1=C(c2ccccc2)c2ccc3c(N(c4ccccc4)c4ccccn4)cc(-c4ccccc4)c4c3c2C(=CC4)C1N(c1ccccc1)c1ccccc1. The molecule has 0 bridgehead atoms. The van der Waals surface area contributed by atoms with E-state index in [-0.39, 0.29) is 6.04 Å². The molecule has 0 fully saturated rings. The lowest BCUT2D eigenvalue weighted by Crippen LogP contribution is -2.34. The van der Waals surface area contributed by atoms with Crippen LogP contribution in [-0.2, 0) is 6.42 Å². The number of aromatic nitrogens is 1. The summed E-state index contributed by atoms with van der Waals surface area (Å²) in [6.07, 6.45) is 7.70. The summed E-state index contributed by atoms with van der Waals surface area (Å²) < 4.78 is 0. The van der Waals surface area contributed by atoms with Gasteiger partial charge in [-0.2, -0.15) is 0 Å². The molecule has 256 valence electrons. The molecule has 0 N–H and O–H groups in total. The molecule has 0 spiro atoms. The maximum absolute atomic E-state index is 4.93. The van der Waals surface area contributed by atoms with Gasteiger partial charge >= 0.3 is 0 Å². The minimum atomic E-state index is -0.0545. The van der Waals surface area contributed by atoms with E-state index in [0.29, 0.717) is 0 Å². The lowest BCUT2D eigenvalue weighted by atomic mass is 9.73. The van der Waals surface area contributed by atoms with Crippen molar-refractivity contribution in [3.8, 4) is 11.1 Å². The molecule has 0 radical (unpaired) electrons. The van der Waals surface area contributed by atoms with Crippen LogP contribution in [0.1, 0.15) is 22.3 Å². The molecule has 0 saturated carbocycles. The van der Waals surface area contributed by atoms with E-state index < -0.39 is 0 Å². The van der Waals surface area contributed by atoms with Crippen LogP contribution in [-0.4, -0.2) is 11.0 Å². The highest BCUT2D eigenvalue weighted by atomic mass is 15.2. The number of benzene rings is 7. The normalized spacial score (nSPS) is 14.3. The zero-order chi connectivity index (χ0) is 35.8. The largest absolute Gasteiger partial charge is 0.330 e. The molecular weight excluding hydrogens is 655 g/mol. The molecule has 0 saturated heterocycles. The van der Waals surface area contributed by atoms with Crippen molar-refractivity contribution in [1.29, 1.82) is 0 Å². The van der Waals surface area contributed by atoms with Gasteiger partial charge in [-0.1, -0.05) is 140 Å². The van der Waals surface area contributed by atoms with Gasteiger partial charge < -0.3 is 4.90 Å². The van der Waals surface area contributed by atoms with Crippen LogP contribution < -0.4 is 9.80 Å². The summed E-state index contributed by atoms with van der Waals surface area (Å²) >= 11 is 0. The third kappa shape index (κ3) is 5.41. The van der Waals surface area contributed by atoms with Crippen LogP contribution in [0.2, 0.25) is 0 Å². The van der Waals surface area contributed by atoms with Crippen LogP contribution in [0.5, 0.6) is 0 Å². The van der Waals surface area contributed by atoms with Crippen molar-refractivity contribution in [3.63, 3.8) is 0 Å². The van der Waals surface area contributed by atoms with Crippen molar-refractivity contribution in [2.45, 2.75) is 12.5 Å². The molecule has 3 heteroatoms. The molecule has 8 aromatic rings. The summed E-state index contributed by atoms with van der Waals surface area (Å²) in [5.74, 6) is 0.879. The van der Waals surface area contributed by atoms with Crippen LogP contribution in [0.4, 0.5) is 28.6 Å². The molecule has 10 rings (SSSR count). The Morgan fingerprint density at radius 2 is 1.09 bits per heavy atom. The van der Waals surface area contributed by atoms with E-state index in [0.717, 1.165) is 35.0 Å². The van der Waals surface area contributed by atoms with E-state index in [4.69, 9.17) is 4.98 Å². The average molecular weight is 692 g/mol. The summed E-state index contributed by atoms with van der Waals surface area (Å²) in [7, 11) is 0. The smallest absolute Gasteiger partial charge is 0.137 e. The molecule has 1 unspecified atom stereocenters. The second kappa shape index (κ2) is 13.5. The molecule has 0 amide bonds. The van der Waals surface area contributed by atoms with Crippen LogP contribution in [0.25, 0.3) is 33.0 Å². The van der Waals surface area contributed by atoms with Crippen LogP contribution in [0, 0.1) is 0 Å². The van der Waals surface area contributed by atoms with Gasteiger partial charge in [0.25, 0.3) is 0 Å². The zero-order valence-electron chi connectivity index (χ0n) is 29.8. The Bertz CT molecular complexity index is 2580. The maximum atomic E-state index is 4.93. The molecule has 1 atom stereocenters. The number of allylic oxidation sites excluding steroid dienone is 1. The summed E-state index contributed by atoms with van der Waals surface area (Å²) in [5, 5.41) is 2.52. The fraction of sp³-hybridized carbons (Fsp3) is 0.0392. The number of rotatable bonds is 8. The summed E-state index contributed by atoms with van der Waals surface area (Å²) in [5.41, 5.74) is 14.7. The van der Waals surface area contributed by atoms with Crippen LogP contribution >= 0.6 is 0 Å². The number of nitrogens with zero attached hydrogens (tertiary/aromatic N) is 3. The second-order valence-electron chi connectivity index (χ2n) is 13.9. The van der Waals surface area contributed by atoms with Gasteiger partial charge in [0.05, 0.1) is 11.7 Å². The Morgan fingerprint density at radius 3 is 1.70 bits per heavy atom. The molecule has 2 aliphatic rings. The number of pyridine rings is 1. The van der Waals surface area contributed by atoms with Crippen molar-refractivity contribution in [3.05, 3.63) is 229 Å². The summed E-state index contributed by atoms with van der Waals surface area (Å²) in [6, 6.07) is 67.3. The molecule has 3 nitrogen and oxygen atoms in total. The zero-order valence-corrected chi connectivity index (χ0v) is 29.8. The number of hydrogen-bond acceptors (Lipinski definition) is 3. The highest BCUT2D eigenvalue weighted by molar-refractivity contribution is 6.14. The van der Waals surface area contributed by atoms with Crippen LogP contribution in [0.15, 0.2) is 206 Å². The standard InChI is InChI=1S/C51H37N3/c1-6-18-36(19-7-1)45-34-47(53(38-22-10-3-11-23-38)39-24-12-4-13-25-39)43-31-29-42-46(37-20-8-2-9-21-37)35-48(44-32-30-41(45)50(43)51(42)44)54(40-26-14-5-15-27-40)49-28-16-17-33-52-49/h1-28,30-35,47H,29H2. The van der Waals surface area contributed by atoms with E-state index in [1.54, 1.807) is 0 Å². The molecule has 1 aromatic heterocycles. The van der Waals surface area contributed by atoms with E-state index in [2.05, 4.69) is 204 Å². The predicted octanol–water partition coefficient (Wildman–Crippen LogP) is 13.0. The number of anilines is 5. The van der Waals surface area contributed by atoms with Crippen molar-refractivity contribution in [1.82, 2.24) is 4.98 Å². The van der Waals surface area contributed by atoms with Crippen LogP contribution in [0.3, 0.4) is 0 Å². The second-order valence-corrected chi connectivity index (χ2v) is 13.9. The highest BCUT2D eigenvalue weighted by Gasteiger charge is 2.35. The first-order valence-electron chi connectivity index (χ1n) is 18.6. The number of hydrogen-bond donors (Lipinski definition) is 0. The highest BCUT2D eigenvalue weighted by Crippen LogP contribution is 2.52. The predicted molar refractivity (Wildman–Crippen MR) is 226 cm³/mol. The summed E-state index contributed by atoms with van der Waals surface area (Å²) in [4.78, 5) is 9.76. The number of para-hydroxylation sites is 3. The van der Waals surface area contributed by atoms with Crippen molar-refractivity contribution in [2.75, 3.05) is 9.80 Å². The van der Waals surface area contributed by atoms with E-state index in [1.165, 1.54) is 55.3 Å². The average Bonchev–Trinajstić information content (AvgIpc) is 3.25. The Morgan fingerprint density at radius 1 is 0.519 bits per heavy atom. The third-order valence-electron chi connectivity index (χ3n) is 10.8. The lowest BCUT2D eigenvalue weighted by Gasteiger charge is -2.40. The minimum Gasteiger partial charge on any atom is -0.330 e. The van der Waals surface area contributed by atoms with Gasteiger partial charge in [-0.15, -0.1) is 0 Å². The first-order valence-corrected chi connectivity index (χ1v) is 18.6. The molecular formula is C51H37N3. The molecule has 54 heavy (non-hydrogen) atoms. The monoisotopic (exact) mass is 691 g/mol. The lowest BCUT2D eigenvalue weighted by molar-refractivity contribution is 0.946. The van der Waals surface area contributed by atoms with E-state index >= 15 is 0 Å². The summed E-state index contributed by atoms with van der Waals surface area (Å²) in [6.45, 7) is 0. The topological polar surface area (TPSA) is 19.4 Å². The fourth-order valence-electron chi connectivity index (χ4n) is 8.47. The van der Waals surface area contributed by atoms with Gasteiger partial charge in [0.15, 0.2) is 0 Å². The Hall–Kier alpha value is -6.97.